The minimum Gasteiger partial charge on any atom is -0.380 e. The van der Waals surface area contributed by atoms with Gasteiger partial charge in [-0.25, -0.2) is 0 Å². The minimum absolute atomic E-state index is 0.00472. The largest absolute Gasteiger partial charge is 0.380 e. The summed E-state index contributed by atoms with van der Waals surface area (Å²) in [4.78, 5) is 139. The summed E-state index contributed by atoms with van der Waals surface area (Å²) in [6.07, 6.45) is 2.97. The lowest BCUT2D eigenvalue weighted by atomic mass is 9.89. The van der Waals surface area contributed by atoms with Gasteiger partial charge in [0.25, 0.3) is 0 Å². The van der Waals surface area contributed by atoms with Crippen LogP contribution in [0.25, 0.3) is 0 Å². The molecule has 1 saturated heterocycles. The van der Waals surface area contributed by atoms with E-state index in [1.165, 1.54) is 19.1 Å². The number of carbonyl (C=O) groups excluding carboxylic acids is 10. The molecule has 0 spiro atoms. The summed E-state index contributed by atoms with van der Waals surface area (Å²) in [5.41, 5.74) is 1.83. The van der Waals surface area contributed by atoms with Gasteiger partial charge in [-0.15, -0.1) is 0 Å². The number of hydrogen-bond donors (Lipinski definition) is 6. The lowest BCUT2D eigenvalue weighted by Crippen LogP contribution is -2.60. The Balaban J connectivity index is 1.64. The molecule has 0 aliphatic carbocycles. The van der Waals surface area contributed by atoms with Crippen LogP contribution >= 0.6 is 0 Å². The summed E-state index contributed by atoms with van der Waals surface area (Å²) < 4.78 is 11.4. The average Bonchev–Trinajstić information content (AvgIpc) is 4.04. The van der Waals surface area contributed by atoms with Gasteiger partial charge in [-0.3, -0.25) is 47.9 Å². The summed E-state index contributed by atoms with van der Waals surface area (Å²) in [7, 11) is 4.61. The highest BCUT2D eigenvalue weighted by Crippen LogP contribution is 2.28. The number of nitrogens with one attached hydrogen (secondary N) is 6. The molecule has 9 amide bonds. The van der Waals surface area contributed by atoms with Crippen molar-refractivity contribution < 1.29 is 57.4 Å². The first-order chi connectivity index (χ1) is 39.3. The third-order valence-corrected chi connectivity index (χ3v) is 15.4. The molecule has 9 atom stereocenters. The quantitative estimate of drug-likeness (QED) is 0.0533. The zero-order valence-corrected chi connectivity index (χ0v) is 51.5. The molecule has 462 valence electrons. The van der Waals surface area contributed by atoms with E-state index in [2.05, 4.69) is 31.9 Å². The third-order valence-electron chi connectivity index (χ3n) is 15.4. The van der Waals surface area contributed by atoms with Crippen LogP contribution in [0.3, 0.4) is 0 Å². The number of likely N-dealkylation sites (N-methyl/N-ethyl adjacent to an activating group) is 2. The molecule has 1 heterocycles. The zero-order valence-electron chi connectivity index (χ0n) is 51.5. The molecule has 1 fully saturated rings. The molecule has 2 aromatic rings. The van der Waals surface area contributed by atoms with Crippen LogP contribution in [0, 0.1) is 29.6 Å². The summed E-state index contributed by atoms with van der Waals surface area (Å²) >= 11 is 0. The van der Waals surface area contributed by atoms with E-state index in [9.17, 15) is 47.9 Å². The molecule has 6 N–H and O–H groups in total. The van der Waals surface area contributed by atoms with E-state index >= 15 is 0 Å². The Kier molecular flexibility index (Phi) is 30.7. The van der Waals surface area contributed by atoms with Crippen LogP contribution in [0.15, 0.2) is 60.7 Å². The first-order valence-electron chi connectivity index (χ1n) is 29.5. The van der Waals surface area contributed by atoms with Crippen LogP contribution in [0.1, 0.15) is 125 Å². The SMILES string of the molecule is CC[C@@H](C)[C@H]([C@H](CC(=O)N1CCC[C@@H]1C[C@H](C)C(=O)N[C@@H](C)Cc1ccccc1)OC)N(C)C(=O)[C@H](NC(=O)[C@@H](C(C)C)N(C)C(=O)CNC(=O)[C@@H](Cc1ccccc1)NC(=O)CNC(=O)CNC(=O)CCOCCC(=O)C(C)C)C(C)C. The van der Waals surface area contributed by atoms with Crippen molar-refractivity contribution in [3.05, 3.63) is 71.8 Å². The van der Waals surface area contributed by atoms with Crippen LogP contribution in [0.4, 0.5) is 0 Å². The molecule has 83 heavy (non-hydrogen) atoms. The van der Waals surface area contributed by atoms with E-state index in [-0.39, 0.29) is 86.3 Å². The fourth-order valence-corrected chi connectivity index (χ4v) is 10.4. The average molecular weight is 1160 g/mol. The lowest BCUT2D eigenvalue weighted by molar-refractivity contribution is -0.147. The van der Waals surface area contributed by atoms with Gasteiger partial charge in [-0.1, -0.05) is 129 Å². The van der Waals surface area contributed by atoms with E-state index in [4.69, 9.17) is 9.47 Å². The standard InChI is InChI=1S/C62H97N9O12/c1-14-42(8)58(50(82-13)35-54(76)71-29-21-26-47(71)32-43(9)59(78)66-44(10)33-45-22-17-15-18-23-45)70(12)62(81)56(40(4)5)68-61(80)57(41(6)7)69(11)55(77)38-65-60(79)48(34-46-24-19-16-20-25-46)67-53(75)37-64-52(74)36-63-51(73)28-31-83-30-27-49(72)39(2)3/h15-20,22-25,39-44,47-48,50,56-58H,14,21,26-38H2,1-13H3,(H,63,73)(H,64,74)(H,65,79)(H,66,78)(H,67,75)(H,68,80)/t42-,43+,44+,47-,48-,50+,56-,57-,58-/m1/s1. The van der Waals surface area contributed by atoms with Gasteiger partial charge in [0.2, 0.25) is 53.2 Å². The number of nitrogens with zero attached hydrogens (tertiary/aromatic N) is 3. The fraction of sp³-hybridized carbons (Fsp3) is 0.645. The Morgan fingerprint density at radius 2 is 1.24 bits per heavy atom. The molecule has 0 aromatic heterocycles. The Hall–Kier alpha value is -6.74. The van der Waals surface area contributed by atoms with Crippen molar-refractivity contribution in [2.45, 2.75) is 169 Å². The van der Waals surface area contributed by atoms with Gasteiger partial charge in [0.1, 0.15) is 23.9 Å². The molecule has 0 radical (unpaired) electrons. The smallest absolute Gasteiger partial charge is 0.245 e. The number of benzene rings is 2. The van der Waals surface area contributed by atoms with E-state index in [1.807, 2.05) is 62.9 Å². The van der Waals surface area contributed by atoms with Crippen LogP contribution in [-0.4, -0.2) is 177 Å². The summed E-state index contributed by atoms with van der Waals surface area (Å²) in [5, 5.41) is 16.2. The number of carbonyl (C=O) groups is 10. The number of amides is 9. The van der Waals surface area contributed by atoms with Gasteiger partial charge in [0.05, 0.1) is 51.4 Å². The highest BCUT2D eigenvalue weighted by molar-refractivity contribution is 5.95. The highest BCUT2D eigenvalue weighted by Gasteiger charge is 2.41. The molecular formula is C62H97N9O12. The monoisotopic (exact) mass is 1160 g/mol. The van der Waals surface area contributed by atoms with Crippen molar-refractivity contribution in [2.75, 3.05) is 60.6 Å². The predicted octanol–water partition coefficient (Wildman–Crippen LogP) is 3.75. The number of likely N-dealkylation sites (tertiary alicyclic amines) is 1. The number of ketones is 1. The lowest BCUT2D eigenvalue weighted by Gasteiger charge is -2.41. The van der Waals surface area contributed by atoms with Crippen LogP contribution in [0.5, 0.6) is 0 Å². The van der Waals surface area contributed by atoms with Gasteiger partial charge in [-0.2, -0.15) is 0 Å². The van der Waals surface area contributed by atoms with Crippen molar-refractivity contribution >= 4 is 58.9 Å². The van der Waals surface area contributed by atoms with Crippen molar-refractivity contribution in [1.82, 2.24) is 46.6 Å². The van der Waals surface area contributed by atoms with Gasteiger partial charge >= 0.3 is 0 Å². The normalized spacial score (nSPS) is 16.1. The molecule has 0 unspecified atom stereocenters. The van der Waals surface area contributed by atoms with Crippen molar-refractivity contribution in [3.63, 3.8) is 0 Å². The maximum atomic E-state index is 14.7. The Morgan fingerprint density at radius 3 is 1.82 bits per heavy atom. The highest BCUT2D eigenvalue weighted by atomic mass is 16.5. The molecule has 21 heteroatoms. The molecule has 1 aliphatic rings. The molecule has 0 bridgehead atoms. The van der Waals surface area contributed by atoms with Crippen LogP contribution < -0.4 is 31.9 Å². The number of rotatable bonds is 36. The van der Waals surface area contributed by atoms with Gasteiger partial charge in [-0.05, 0) is 61.5 Å². The van der Waals surface area contributed by atoms with Crippen molar-refractivity contribution in [1.29, 1.82) is 0 Å². The third kappa shape index (κ3) is 23.8. The maximum absolute atomic E-state index is 14.7. The first kappa shape index (κ1) is 70.5. The summed E-state index contributed by atoms with van der Waals surface area (Å²) in [6, 6.07) is 14.8. The van der Waals surface area contributed by atoms with Crippen molar-refractivity contribution in [3.8, 4) is 0 Å². The van der Waals surface area contributed by atoms with E-state index in [0.29, 0.717) is 31.4 Å². The van der Waals surface area contributed by atoms with E-state index < -0.39 is 103 Å². The maximum Gasteiger partial charge on any atom is 0.245 e. The molecule has 1 aliphatic heterocycles. The molecule has 3 rings (SSSR count). The minimum atomic E-state index is -1.19. The van der Waals surface area contributed by atoms with Gasteiger partial charge < -0.3 is 56.1 Å². The number of ether oxygens (including phenoxy) is 2. The summed E-state index contributed by atoms with van der Waals surface area (Å²) in [6.45, 7) is 17.9. The van der Waals surface area contributed by atoms with Crippen molar-refractivity contribution in [2.24, 2.45) is 29.6 Å². The second kappa shape index (κ2) is 36.1. The number of hydrogen-bond acceptors (Lipinski definition) is 12. The second-order valence-corrected chi connectivity index (χ2v) is 23.2. The Bertz CT molecular complexity index is 2420. The fourth-order valence-electron chi connectivity index (χ4n) is 10.4. The second-order valence-electron chi connectivity index (χ2n) is 23.2. The van der Waals surface area contributed by atoms with E-state index in [0.717, 1.165) is 18.4 Å². The first-order valence-corrected chi connectivity index (χ1v) is 29.5. The molecular weight excluding hydrogens is 1060 g/mol. The molecule has 21 nitrogen and oxygen atoms in total. The Morgan fingerprint density at radius 1 is 0.651 bits per heavy atom. The summed E-state index contributed by atoms with van der Waals surface area (Å²) in [5.74, 6) is -5.71. The van der Waals surface area contributed by atoms with Gasteiger partial charge in [0.15, 0.2) is 0 Å². The number of Topliss-reactive ketones (excluding diaryl/α,β-unsaturated/α-hetero) is 1. The van der Waals surface area contributed by atoms with Gasteiger partial charge in [0, 0.05) is 70.9 Å². The zero-order chi connectivity index (χ0) is 61.9. The van der Waals surface area contributed by atoms with Crippen LogP contribution in [0.2, 0.25) is 0 Å². The number of methoxy groups -OCH3 is 1. The topological polar surface area (TPSA) is 271 Å². The van der Waals surface area contributed by atoms with E-state index in [1.54, 1.807) is 83.8 Å². The predicted molar refractivity (Wildman–Crippen MR) is 317 cm³/mol. The van der Waals surface area contributed by atoms with Crippen LogP contribution in [-0.2, 0) is 70.3 Å². The Labute approximate surface area is 492 Å². The molecule has 0 saturated carbocycles. The molecule has 2 aromatic carbocycles.